The van der Waals surface area contributed by atoms with Crippen molar-refractivity contribution in [1.29, 1.82) is 0 Å². The van der Waals surface area contributed by atoms with Crippen LogP contribution in [0.25, 0.3) is 0 Å². The van der Waals surface area contributed by atoms with Crippen LogP contribution >= 0.6 is 11.6 Å². The normalized spacial score (nSPS) is 11.6. The predicted molar refractivity (Wildman–Crippen MR) is 133 cm³/mol. The highest BCUT2D eigenvalue weighted by molar-refractivity contribution is 7.89. The van der Waals surface area contributed by atoms with Crippen LogP contribution in [0, 0.1) is 22.9 Å². The Bertz CT molecular complexity index is 1360. The van der Waals surface area contributed by atoms with Crippen LogP contribution in [0.4, 0.5) is 13.2 Å². The average molecular weight is 605 g/mol. The third-order valence-corrected chi connectivity index (χ3v) is 6.97. The maximum atomic E-state index is 13.7. The van der Waals surface area contributed by atoms with Crippen molar-refractivity contribution in [2.45, 2.75) is 44.4 Å². The van der Waals surface area contributed by atoms with Gasteiger partial charge in [-0.05, 0) is 18.2 Å². The van der Waals surface area contributed by atoms with E-state index < -0.39 is 64.1 Å². The van der Waals surface area contributed by atoms with Crippen molar-refractivity contribution >= 4 is 43.7 Å². The summed E-state index contributed by atoms with van der Waals surface area (Å²) in [6.07, 6.45) is 0.327. The monoisotopic (exact) mass is 604 g/mol. The summed E-state index contributed by atoms with van der Waals surface area (Å²) in [6, 6.07) is 2.60. The minimum atomic E-state index is -4.33. The van der Waals surface area contributed by atoms with Gasteiger partial charge in [-0.1, -0.05) is 56.0 Å². The molecule has 0 amide bonds. The average Bonchev–Trinajstić information content (AvgIpc) is 2.79. The van der Waals surface area contributed by atoms with Gasteiger partial charge < -0.3 is 0 Å². The van der Waals surface area contributed by atoms with E-state index in [1.54, 1.807) is 30.5 Å². The summed E-state index contributed by atoms with van der Waals surface area (Å²) in [7, 11) is -6.39. The summed E-state index contributed by atoms with van der Waals surface area (Å²) >= 11 is 5.51. The van der Waals surface area contributed by atoms with E-state index in [-0.39, 0.29) is 10.6 Å². The number of ketones is 1. The van der Waals surface area contributed by atoms with Gasteiger partial charge in [-0.25, -0.2) is 30.0 Å². The van der Waals surface area contributed by atoms with Gasteiger partial charge in [-0.3, -0.25) is 19.3 Å². The van der Waals surface area contributed by atoms with E-state index in [2.05, 4.69) is 9.68 Å². The number of benzene rings is 2. The molecule has 38 heavy (non-hydrogen) atoms. The van der Waals surface area contributed by atoms with Crippen LogP contribution in [-0.2, 0) is 29.7 Å². The van der Waals surface area contributed by atoms with Gasteiger partial charge in [0.1, 0.15) is 27.2 Å². The molecule has 10 nitrogen and oxygen atoms in total. The second-order valence-corrected chi connectivity index (χ2v) is 11.5. The number of hydrogen-bond acceptors (Lipinski definition) is 8. The van der Waals surface area contributed by atoms with Gasteiger partial charge in [0.2, 0.25) is 0 Å². The molecule has 0 unspecified atom stereocenters. The molecule has 0 saturated carbocycles. The van der Waals surface area contributed by atoms with Gasteiger partial charge in [0.25, 0.3) is 20.0 Å². The largest absolute Gasteiger partial charge is 0.298 e. The standard InChI is InChI=1S/C12H15F2NO4S.C8H7ClFNO4S.C2H6/c1-12(2,3)11(16)7-5-10(9(14)6-8(7)13)20(17,18)15-19-4;1-15-11-16(13,14)8-2-5(4-12)6(9)3-7(8)10;1-2/h5-6,15H,1-4H3;2-4,11H,1H3;1-2H3. The topological polar surface area (TPSA) is 145 Å². The summed E-state index contributed by atoms with van der Waals surface area (Å²) in [5, 5.41) is -0.163. The molecule has 0 aliphatic rings. The molecule has 0 atom stereocenters. The molecule has 214 valence electrons. The van der Waals surface area contributed by atoms with E-state index in [1.165, 1.54) is 0 Å². The number of aldehydes is 1. The lowest BCUT2D eigenvalue weighted by Crippen LogP contribution is -2.26. The number of nitrogens with one attached hydrogen (secondary N) is 2. The minimum absolute atomic E-state index is 0.125. The molecule has 0 bridgehead atoms. The Morgan fingerprint density at radius 1 is 0.842 bits per heavy atom. The third kappa shape index (κ3) is 9.41. The van der Waals surface area contributed by atoms with Crippen LogP contribution in [0.5, 0.6) is 0 Å². The number of hydrogen-bond donors (Lipinski definition) is 2. The van der Waals surface area contributed by atoms with Crippen molar-refractivity contribution in [2.24, 2.45) is 5.41 Å². The van der Waals surface area contributed by atoms with Gasteiger partial charge >= 0.3 is 0 Å². The Morgan fingerprint density at radius 3 is 1.66 bits per heavy atom. The van der Waals surface area contributed by atoms with E-state index in [4.69, 9.17) is 11.6 Å². The molecular formula is C22H28ClF3N2O8S2. The second kappa shape index (κ2) is 14.7. The maximum Gasteiger partial charge on any atom is 0.265 e. The third-order valence-electron chi connectivity index (χ3n) is 4.09. The lowest BCUT2D eigenvalue weighted by Gasteiger charge is -2.18. The number of rotatable bonds is 8. The molecular weight excluding hydrogens is 577 g/mol. The van der Waals surface area contributed by atoms with Crippen LogP contribution in [0.15, 0.2) is 34.1 Å². The van der Waals surface area contributed by atoms with Crippen molar-refractivity contribution in [3.63, 3.8) is 0 Å². The fourth-order valence-corrected chi connectivity index (χ4v) is 4.46. The molecule has 2 N–H and O–H groups in total. The summed E-state index contributed by atoms with van der Waals surface area (Å²) in [5.41, 5.74) is -1.55. The Kier molecular flexibility index (Phi) is 13.7. The number of sulfonamides is 2. The highest BCUT2D eigenvalue weighted by atomic mass is 35.5. The first kappa shape index (κ1) is 35.6. The van der Waals surface area contributed by atoms with Crippen LogP contribution in [0.1, 0.15) is 55.3 Å². The number of carbonyl (C=O) groups excluding carboxylic acids is 2. The predicted octanol–water partition coefficient (Wildman–Crippen LogP) is 4.19. The van der Waals surface area contributed by atoms with Crippen LogP contribution in [0.2, 0.25) is 5.02 Å². The van der Waals surface area contributed by atoms with Crippen molar-refractivity contribution in [3.05, 3.63) is 57.9 Å². The number of carbonyl (C=O) groups is 2. The first-order valence-electron chi connectivity index (χ1n) is 10.5. The van der Waals surface area contributed by atoms with Crippen molar-refractivity contribution < 1.29 is 49.3 Å². The van der Waals surface area contributed by atoms with Gasteiger partial charge in [-0.15, -0.1) is 0 Å². The highest BCUT2D eigenvalue weighted by Crippen LogP contribution is 2.26. The molecule has 2 aromatic carbocycles. The van der Waals surface area contributed by atoms with Crippen LogP contribution in [-0.4, -0.2) is 43.1 Å². The van der Waals surface area contributed by atoms with Gasteiger partial charge in [-0.2, -0.15) is 0 Å². The highest BCUT2D eigenvalue weighted by Gasteiger charge is 2.29. The first-order valence-corrected chi connectivity index (χ1v) is 13.8. The van der Waals surface area contributed by atoms with E-state index in [0.717, 1.165) is 26.4 Å². The molecule has 0 fully saturated rings. The van der Waals surface area contributed by atoms with Crippen molar-refractivity contribution in [1.82, 2.24) is 9.77 Å². The summed E-state index contributed by atoms with van der Waals surface area (Å²) in [6.45, 7) is 8.62. The fraction of sp³-hybridized carbons (Fsp3) is 0.364. The lowest BCUT2D eigenvalue weighted by atomic mass is 9.86. The fourth-order valence-electron chi connectivity index (χ4n) is 2.46. The molecule has 0 aromatic heterocycles. The molecule has 0 aliphatic carbocycles. The summed E-state index contributed by atoms with van der Waals surface area (Å²) in [4.78, 5) is 32.6. The molecule has 0 aliphatic heterocycles. The van der Waals surface area contributed by atoms with Crippen molar-refractivity contribution in [2.75, 3.05) is 14.2 Å². The molecule has 2 rings (SSSR count). The van der Waals surface area contributed by atoms with E-state index >= 15 is 0 Å². The zero-order valence-electron chi connectivity index (χ0n) is 21.5. The Labute approximate surface area is 224 Å². The molecule has 16 heteroatoms. The van der Waals surface area contributed by atoms with Gasteiger partial charge in [0.15, 0.2) is 12.1 Å². The van der Waals surface area contributed by atoms with Crippen LogP contribution < -0.4 is 9.77 Å². The zero-order chi connectivity index (χ0) is 30.1. The van der Waals surface area contributed by atoms with E-state index in [9.17, 15) is 39.6 Å². The summed E-state index contributed by atoms with van der Waals surface area (Å²) < 4.78 is 86.7. The Morgan fingerprint density at radius 2 is 1.26 bits per heavy atom. The Balaban J connectivity index is 0.000000690. The van der Waals surface area contributed by atoms with Crippen LogP contribution in [0.3, 0.4) is 0 Å². The second-order valence-electron chi connectivity index (χ2n) is 7.85. The first-order chi connectivity index (χ1) is 17.4. The number of halogens is 4. The molecule has 0 heterocycles. The SMILES string of the molecule is CC.CONS(=O)(=O)c1cc(C(=O)C(C)(C)C)c(F)cc1F.CONS(=O)(=O)c1cc(C=O)c(Cl)cc1F. The Hall–Kier alpha value is -2.40. The quantitative estimate of drug-likeness (QED) is 0.259. The molecule has 0 saturated heterocycles. The van der Waals surface area contributed by atoms with E-state index in [1.807, 2.05) is 13.8 Å². The molecule has 2 aromatic rings. The zero-order valence-corrected chi connectivity index (χ0v) is 23.9. The van der Waals surface area contributed by atoms with Gasteiger partial charge in [0.05, 0.1) is 24.8 Å². The molecule has 0 spiro atoms. The lowest BCUT2D eigenvalue weighted by molar-refractivity contribution is 0.0853. The summed E-state index contributed by atoms with van der Waals surface area (Å²) in [5.74, 6) is -4.12. The smallest absolute Gasteiger partial charge is 0.265 e. The number of Topliss-reactive ketones (excluding diaryl/α,β-unsaturated/α-hetero) is 1. The van der Waals surface area contributed by atoms with Crippen molar-refractivity contribution in [3.8, 4) is 0 Å². The van der Waals surface area contributed by atoms with Gasteiger partial charge in [0, 0.05) is 17.0 Å². The van der Waals surface area contributed by atoms with E-state index in [0.29, 0.717) is 18.4 Å². The minimum Gasteiger partial charge on any atom is -0.298 e. The molecule has 0 radical (unpaired) electrons. The maximum absolute atomic E-state index is 13.7.